The van der Waals surface area contributed by atoms with Gasteiger partial charge in [-0.15, -0.1) is 0 Å². The maximum absolute atomic E-state index is 12.3. The van der Waals surface area contributed by atoms with E-state index >= 15 is 0 Å². The van der Waals surface area contributed by atoms with Crippen molar-refractivity contribution >= 4 is 17.4 Å². The lowest BCUT2D eigenvalue weighted by atomic mass is 10.2. The number of nitrogens with zero attached hydrogens (tertiary/aromatic N) is 1. The molecule has 7 nitrogen and oxygen atoms in total. The van der Waals surface area contributed by atoms with Crippen LogP contribution in [0.5, 0.6) is 11.5 Å². The van der Waals surface area contributed by atoms with Gasteiger partial charge in [0.25, 0.3) is 5.91 Å². The van der Waals surface area contributed by atoms with Gasteiger partial charge in [0.05, 0.1) is 11.9 Å². The average Bonchev–Trinajstić information content (AvgIpc) is 3.08. The van der Waals surface area contributed by atoms with Crippen molar-refractivity contribution in [2.24, 2.45) is 0 Å². The predicted octanol–water partition coefficient (Wildman–Crippen LogP) is 2.51. The Kier molecular flexibility index (Phi) is 5.12. The van der Waals surface area contributed by atoms with E-state index in [9.17, 15) is 4.79 Å². The predicted molar refractivity (Wildman–Crippen MR) is 89.7 cm³/mol. The lowest BCUT2D eigenvalue weighted by molar-refractivity contribution is 0.102. The lowest BCUT2D eigenvalue weighted by Gasteiger charge is -2.08. The van der Waals surface area contributed by atoms with Crippen LogP contribution < -0.4 is 20.1 Å². The molecule has 1 aliphatic rings. The summed E-state index contributed by atoms with van der Waals surface area (Å²) in [7, 11) is 1.68. The highest BCUT2D eigenvalue weighted by Gasteiger charge is 2.16. The van der Waals surface area contributed by atoms with Gasteiger partial charge in [0.15, 0.2) is 11.5 Å². The number of nitrogens with one attached hydrogen (secondary N) is 2. The molecule has 3 rings (SSSR count). The van der Waals surface area contributed by atoms with E-state index in [4.69, 9.17) is 14.2 Å². The van der Waals surface area contributed by atoms with Gasteiger partial charge < -0.3 is 24.8 Å². The number of methoxy groups -OCH3 is 1. The summed E-state index contributed by atoms with van der Waals surface area (Å²) in [5.41, 5.74) is 1.38. The van der Waals surface area contributed by atoms with E-state index in [0.717, 1.165) is 18.7 Å². The van der Waals surface area contributed by atoms with Crippen LogP contribution in [0.2, 0.25) is 0 Å². The third-order valence-corrected chi connectivity index (χ3v) is 3.49. The molecule has 1 aromatic carbocycles. The maximum atomic E-state index is 12.3. The van der Waals surface area contributed by atoms with E-state index in [-0.39, 0.29) is 12.7 Å². The van der Waals surface area contributed by atoms with E-state index in [2.05, 4.69) is 15.6 Å². The van der Waals surface area contributed by atoms with Crippen molar-refractivity contribution in [1.29, 1.82) is 0 Å². The molecule has 2 aromatic rings. The standard InChI is InChI=1S/C17H19N3O4/c1-22-8-2-7-18-13-4-6-16(19-10-13)20-17(21)12-3-5-14-15(9-12)24-11-23-14/h3-6,9-10,18H,2,7-8,11H2,1H3,(H,19,20,21). The van der Waals surface area contributed by atoms with Gasteiger partial charge in [0.1, 0.15) is 5.82 Å². The van der Waals surface area contributed by atoms with E-state index in [1.54, 1.807) is 37.6 Å². The first-order chi connectivity index (χ1) is 11.8. The molecule has 1 aliphatic heterocycles. The molecule has 0 saturated carbocycles. The number of fused-ring (bicyclic) bond motifs is 1. The molecule has 0 aliphatic carbocycles. The Morgan fingerprint density at radius 1 is 1.25 bits per heavy atom. The molecule has 2 N–H and O–H groups in total. The highest BCUT2D eigenvalue weighted by Crippen LogP contribution is 2.32. The van der Waals surface area contributed by atoms with Crippen LogP contribution in [0.3, 0.4) is 0 Å². The summed E-state index contributed by atoms with van der Waals surface area (Å²) in [4.78, 5) is 16.5. The second kappa shape index (κ2) is 7.65. The van der Waals surface area contributed by atoms with Gasteiger partial charge in [-0.1, -0.05) is 0 Å². The Balaban J connectivity index is 1.56. The van der Waals surface area contributed by atoms with Gasteiger partial charge in [0, 0.05) is 25.8 Å². The molecule has 126 valence electrons. The number of anilines is 2. The zero-order valence-corrected chi connectivity index (χ0v) is 13.4. The molecule has 0 spiro atoms. The van der Waals surface area contributed by atoms with Crippen LogP contribution in [0.1, 0.15) is 16.8 Å². The summed E-state index contributed by atoms with van der Waals surface area (Å²) < 4.78 is 15.5. The summed E-state index contributed by atoms with van der Waals surface area (Å²) >= 11 is 0. The fourth-order valence-electron chi connectivity index (χ4n) is 2.25. The minimum absolute atomic E-state index is 0.181. The van der Waals surface area contributed by atoms with Crippen molar-refractivity contribution < 1.29 is 19.0 Å². The highest BCUT2D eigenvalue weighted by atomic mass is 16.7. The van der Waals surface area contributed by atoms with Gasteiger partial charge in [-0.2, -0.15) is 0 Å². The van der Waals surface area contributed by atoms with E-state index in [1.165, 1.54) is 0 Å². The molecule has 0 atom stereocenters. The van der Waals surface area contributed by atoms with Crippen LogP contribution in [0.25, 0.3) is 0 Å². The van der Waals surface area contributed by atoms with Gasteiger partial charge in [-0.3, -0.25) is 4.79 Å². The number of hydrogen-bond acceptors (Lipinski definition) is 6. The minimum Gasteiger partial charge on any atom is -0.454 e. The first kappa shape index (κ1) is 16.1. The van der Waals surface area contributed by atoms with Gasteiger partial charge in [0.2, 0.25) is 6.79 Å². The molecule has 24 heavy (non-hydrogen) atoms. The lowest BCUT2D eigenvalue weighted by Crippen LogP contribution is -2.13. The first-order valence-electron chi connectivity index (χ1n) is 7.66. The van der Waals surface area contributed by atoms with E-state index in [1.807, 2.05) is 6.07 Å². The van der Waals surface area contributed by atoms with Gasteiger partial charge in [-0.25, -0.2) is 4.98 Å². The Labute approximate surface area is 139 Å². The Bertz CT molecular complexity index is 703. The largest absolute Gasteiger partial charge is 0.454 e. The van der Waals surface area contributed by atoms with E-state index < -0.39 is 0 Å². The number of benzene rings is 1. The monoisotopic (exact) mass is 329 g/mol. The molecule has 0 radical (unpaired) electrons. The smallest absolute Gasteiger partial charge is 0.256 e. The van der Waals surface area contributed by atoms with E-state index in [0.29, 0.717) is 29.5 Å². The molecule has 0 unspecified atom stereocenters. The molecule has 1 amide bonds. The first-order valence-corrected chi connectivity index (χ1v) is 7.66. The molecule has 0 saturated heterocycles. The fraction of sp³-hybridized carbons (Fsp3) is 0.294. The third kappa shape index (κ3) is 3.94. The summed E-state index contributed by atoms with van der Waals surface area (Å²) in [6.45, 7) is 1.70. The van der Waals surface area contributed by atoms with Gasteiger partial charge >= 0.3 is 0 Å². The van der Waals surface area contributed by atoms with Crippen molar-refractivity contribution in [2.75, 3.05) is 37.7 Å². The van der Waals surface area contributed by atoms with Crippen LogP contribution in [0.15, 0.2) is 36.5 Å². The quantitative estimate of drug-likeness (QED) is 0.760. The molecule has 0 fully saturated rings. The molecule has 0 bridgehead atoms. The van der Waals surface area contributed by atoms with Crippen molar-refractivity contribution in [3.63, 3.8) is 0 Å². The van der Waals surface area contributed by atoms with Gasteiger partial charge in [-0.05, 0) is 36.8 Å². The Morgan fingerprint density at radius 2 is 2.12 bits per heavy atom. The van der Waals surface area contributed by atoms with Crippen LogP contribution in [0.4, 0.5) is 11.5 Å². The number of carbonyl (C=O) groups excluding carboxylic acids is 1. The second-order valence-corrected chi connectivity index (χ2v) is 5.23. The topological polar surface area (TPSA) is 81.7 Å². The van der Waals surface area contributed by atoms with Crippen molar-refractivity contribution in [2.45, 2.75) is 6.42 Å². The molecule has 7 heteroatoms. The number of hydrogen-bond donors (Lipinski definition) is 2. The number of pyridine rings is 1. The maximum Gasteiger partial charge on any atom is 0.256 e. The fourth-order valence-corrected chi connectivity index (χ4v) is 2.25. The van der Waals surface area contributed by atoms with Crippen LogP contribution in [-0.4, -0.2) is 37.9 Å². The summed E-state index contributed by atoms with van der Waals surface area (Å²) in [5.74, 6) is 1.46. The minimum atomic E-state index is -0.249. The second-order valence-electron chi connectivity index (χ2n) is 5.23. The average molecular weight is 329 g/mol. The summed E-state index contributed by atoms with van der Waals surface area (Å²) in [6.07, 6.45) is 2.60. The Hall–Kier alpha value is -2.80. The number of carbonyl (C=O) groups is 1. The molecular weight excluding hydrogens is 310 g/mol. The zero-order chi connectivity index (χ0) is 16.8. The highest BCUT2D eigenvalue weighted by molar-refractivity contribution is 6.04. The van der Waals surface area contributed by atoms with Crippen molar-refractivity contribution in [3.05, 3.63) is 42.1 Å². The number of ether oxygens (including phenoxy) is 3. The third-order valence-electron chi connectivity index (χ3n) is 3.49. The van der Waals surface area contributed by atoms with Crippen molar-refractivity contribution in [3.8, 4) is 11.5 Å². The van der Waals surface area contributed by atoms with Crippen molar-refractivity contribution in [1.82, 2.24) is 4.98 Å². The van der Waals surface area contributed by atoms with Crippen LogP contribution in [-0.2, 0) is 4.74 Å². The van der Waals surface area contributed by atoms with Crippen LogP contribution in [0, 0.1) is 0 Å². The summed E-state index contributed by atoms with van der Waals surface area (Å²) in [5, 5.41) is 5.99. The molecular formula is C17H19N3O4. The molecule has 2 heterocycles. The summed E-state index contributed by atoms with van der Waals surface area (Å²) in [6, 6.07) is 8.69. The SMILES string of the molecule is COCCCNc1ccc(NC(=O)c2ccc3c(c2)OCO3)nc1. The molecule has 1 aromatic heterocycles. The zero-order valence-electron chi connectivity index (χ0n) is 13.4. The van der Waals surface area contributed by atoms with Crippen LogP contribution >= 0.6 is 0 Å². The normalized spacial score (nSPS) is 12.0. The number of aromatic nitrogens is 1. The number of amides is 1. The Morgan fingerprint density at radius 3 is 2.92 bits per heavy atom. The number of rotatable bonds is 7.